The van der Waals surface area contributed by atoms with Gasteiger partial charge in [0.25, 0.3) is 0 Å². The number of rotatable bonds is 4. The lowest BCUT2D eigenvalue weighted by molar-refractivity contribution is 0.605. The molecule has 0 bridgehead atoms. The van der Waals surface area contributed by atoms with E-state index in [1.54, 1.807) is 17.5 Å². The maximum atomic E-state index is 14.0. The molecule has 2 aromatic heterocycles. The molecule has 0 amide bonds. The molecule has 1 aliphatic carbocycles. The zero-order valence-electron chi connectivity index (χ0n) is 9.64. The first-order valence-electron chi connectivity index (χ1n) is 5.84. The monoisotopic (exact) mass is 326 g/mol. The van der Waals surface area contributed by atoms with Gasteiger partial charge in [0.2, 0.25) is 0 Å². The van der Waals surface area contributed by atoms with Gasteiger partial charge < -0.3 is 4.90 Å². The summed E-state index contributed by atoms with van der Waals surface area (Å²) in [5, 5.41) is 2.05. The molecule has 0 N–H and O–H groups in total. The first kappa shape index (κ1) is 12.1. The fourth-order valence-corrected chi connectivity index (χ4v) is 2.96. The largest absolute Gasteiger partial charge is 0.346 e. The molecule has 0 radical (unpaired) electrons. The van der Waals surface area contributed by atoms with Crippen molar-refractivity contribution in [3.05, 3.63) is 44.9 Å². The Labute approximate surface area is 118 Å². The average molecular weight is 327 g/mol. The summed E-state index contributed by atoms with van der Waals surface area (Å²) >= 11 is 4.94. The quantitative estimate of drug-likeness (QED) is 0.836. The Morgan fingerprint density at radius 2 is 2.33 bits per heavy atom. The summed E-state index contributed by atoms with van der Waals surface area (Å²) in [5.74, 6) is 0.210. The van der Waals surface area contributed by atoms with Crippen molar-refractivity contribution in [3.8, 4) is 0 Å². The lowest BCUT2D eigenvalue weighted by atomic mass is 10.3. The van der Waals surface area contributed by atoms with Gasteiger partial charge in [-0.3, -0.25) is 0 Å². The zero-order valence-corrected chi connectivity index (χ0v) is 12.0. The van der Waals surface area contributed by atoms with Crippen molar-refractivity contribution in [3.63, 3.8) is 0 Å². The summed E-state index contributed by atoms with van der Waals surface area (Å²) in [5.41, 5.74) is 0. The van der Waals surface area contributed by atoms with E-state index in [4.69, 9.17) is 0 Å². The van der Waals surface area contributed by atoms with Gasteiger partial charge in [-0.1, -0.05) is 6.07 Å². The maximum absolute atomic E-state index is 14.0. The highest BCUT2D eigenvalue weighted by molar-refractivity contribution is 9.10. The van der Waals surface area contributed by atoms with Crippen molar-refractivity contribution in [1.29, 1.82) is 0 Å². The van der Waals surface area contributed by atoms with Gasteiger partial charge in [-0.15, -0.1) is 11.3 Å². The second kappa shape index (κ2) is 4.97. The molecule has 0 atom stereocenters. The minimum Gasteiger partial charge on any atom is -0.346 e. The van der Waals surface area contributed by atoms with E-state index in [-0.39, 0.29) is 5.82 Å². The third-order valence-corrected chi connectivity index (χ3v) is 4.25. The topological polar surface area (TPSA) is 16.1 Å². The summed E-state index contributed by atoms with van der Waals surface area (Å²) < 4.78 is 14.7. The molecule has 94 valence electrons. The van der Waals surface area contributed by atoms with Gasteiger partial charge >= 0.3 is 0 Å². The number of thiophene rings is 1. The summed E-state index contributed by atoms with van der Waals surface area (Å²) in [6.07, 6.45) is 3.91. The summed E-state index contributed by atoms with van der Waals surface area (Å²) in [4.78, 5) is 7.55. The fourth-order valence-electron chi connectivity index (χ4n) is 1.95. The molecule has 18 heavy (non-hydrogen) atoms. The number of nitrogens with zero attached hydrogens (tertiary/aromatic N) is 2. The molecule has 2 heterocycles. The standard InChI is InChI=1S/C13H12BrFN2S/c14-9-6-12(15)13(16-7-9)17(10-3-4-10)8-11-2-1-5-18-11/h1-2,5-7,10H,3-4,8H2. The van der Waals surface area contributed by atoms with Crippen molar-refractivity contribution in [2.45, 2.75) is 25.4 Å². The molecule has 0 aliphatic heterocycles. The summed E-state index contributed by atoms with van der Waals surface area (Å²) in [7, 11) is 0. The van der Waals surface area contributed by atoms with Crippen LogP contribution in [0.4, 0.5) is 10.2 Å². The van der Waals surface area contributed by atoms with E-state index in [0.717, 1.165) is 19.4 Å². The van der Waals surface area contributed by atoms with Crippen molar-refractivity contribution in [2.24, 2.45) is 0 Å². The highest BCUT2D eigenvalue weighted by Crippen LogP contribution is 2.34. The second-order valence-corrected chi connectivity index (χ2v) is 6.35. The SMILES string of the molecule is Fc1cc(Br)cnc1N(Cc1cccs1)C1CC1. The van der Waals surface area contributed by atoms with E-state index >= 15 is 0 Å². The first-order chi connectivity index (χ1) is 8.74. The molecule has 2 nitrogen and oxygen atoms in total. The molecular weight excluding hydrogens is 315 g/mol. The highest BCUT2D eigenvalue weighted by Gasteiger charge is 2.31. The molecule has 1 aliphatic rings. The van der Waals surface area contributed by atoms with E-state index in [1.165, 1.54) is 10.9 Å². The Balaban J connectivity index is 1.89. The molecule has 1 saturated carbocycles. The lowest BCUT2D eigenvalue weighted by Crippen LogP contribution is -2.26. The summed E-state index contributed by atoms with van der Waals surface area (Å²) in [6, 6.07) is 6.02. The van der Waals surface area contributed by atoms with Gasteiger partial charge in [0.1, 0.15) is 0 Å². The van der Waals surface area contributed by atoms with Crippen molar-refractivity contribution >= 4 is 33.1 Å². The van der Waals surface area contributed by atoms with Gasteiger partial charge in [-0.05, 0) is 46.3 Å². The Kier molecular flexibility index (Phi) is 3.35. The minimum atomic E-state index is -0.257. The van der Waals surface area contributed by atoms with Gasteiger partial charge in [0, 0.05) is 21.6 Å². The Hall–Kier alpha value is -0.940. The molecule has 1 fully saturated rings. The normalized spacial score (nSPS) is 14.8. The second-order valence-electron chi connectivity index (χ2n) is 4.40. The van der Waals surface area contributed by atoms with E-state index in [9.17, 15) is 4.39 Å². The van der Waals surface area contributed by atoms with E-state index < -0.39 is 0 Å². The fraction of sp³-hybridized carbons (Fsp3) is 0.308. The smallest absolute Gasteiger partial charge is 0.166 e. The van der Waals surface area contributed by atoms with Gasteiger partial charge in [-0.25, -0.2) is 9.37 Å². The minimum absolute atomic E-state index is 0.257. The van der Waals surface area contributed by atoms with Crippen molar-refractivity contribution in [1.82, 2.24) is 4.98 Å². The van der Waals surface area contributed by atoms with Gasteiger partial charge in [0.15, 0.2) is 11.6 Å². The third kappa shape index (κ3) is 2.57. The summed E-state index contributed by atoms with van der Waals surface area (Å²) in [6.45, 7) is 0.744. The van der Waals surface area contributed by atoms with Crippen molar-refractivity contribution < 1.29 is 4.39 Å². The predicted octanol–water partition coefficient (Wildman–Crippen LogP) is 4.21. The Bertz CT molecular complexity index is 540. The Morgan fingerprint density at radius 1 is 1.50 bits per heavy atom. The molecule has 0 spiro atoms. The van der Waals surface area contributed by atoms with Crippen LogP contribution >= 0.6 is 27.3 Å². The molecule has 5 heteroatoms. The van der Waals surface area contributed by atoms with Gasteiger partial charge in [0.05, 0.1) is 6.54 Å². The van der Waals surface area contributed by atoms with Crippen LogP contribution in [0.1, 0.15) is 17.7 Å². The zero-order chi connectivity index (χ0) is 12.5. The van der Waals surface area contributed by atoms with E-state index in [2.05, 4.69) is 31.9 Å². The van der Waals surface area contributed by atoms with Crippen LogP contribution in [0.25, 0.3) is 0 Å². The molecular formula is C13H12BrFN2S. The van der Waals surface area contributed by atoms with Crippen LogP contribution in [-0.2, 0) is 6.54 Å². The number of hydrogen-bond acceptors (Lipinski definition) is 3. The average Bonchev–Trinajstić information content (AvgIpc) is 3.05. The maximum Gasteiger partial charge on any atom is 0.166 e. The first-order valence-corrected chi connectivity index (χ1v) is 7.51. The highest BCUT2D eigenvalue weighted by atomic mass is 79.9. The van der Waals surface area contributed by atoms with Crippen molar-refractivity contribution in [2.75, 3.05) is 4.90 Å². The van der Waals surface area contributed by atoms with Crippen LogP contribution in [0.3, 0.4) is 0 Å². The van der Waals surface area contributed by atoms with Crippen LogP contribution in [-0.4, -0.2) is 11.0 Å². The molecule has 0 aromatic carbocycles. The van der Waals surface area contributed by atoms with E-state index in [0.29, 0.717) is 16.3 Å². The Morgan fingerprint density at radius 3 is 2.94 bits per heavy atom. The molecule has 0 unspecified atom stereocenters. The number of halogens is 2. The van der Waals surface area contributed by atoms with Crippen LogP contribution in [0.5, 0.6) is 0 Å². The number of hydrogen-bond donors (Lipinski definition) is 0. The number of anilines is 1. The van der Waals surface area contributed by atoms with Crippen LogP contribution in [0, 0.1) is 5.82 Å². The number of aromatic nitrogens is 1. The molecule has 0 saturated heterocycles. The lowest BCUT2D eigenvalue weighted by Gasteiger charge is -2.23. The van der Waals surface area contributed by atoms with E-state index in [1.807, 2.05) is 11.4 Å². The van der Waals surface area contributed by atoms with Crippen LogP contribution in [0.2, 0.25) is 0 Å². The third-order valence-electron chi connectivity index (χ3n) is 2.95. The van der Waals surface area contributed by atoms with Gasteiger partial charge in [-0.2, -0.15) is 0 Å². The molecule has 3 rings (SSSR count). The number of pyridine rings is 1. The predicted molar refractivity (Wildman–Crippen MR) is 75.4 cm³/mol. The van der Waals surface area contributed by atoms with Crippen LogP contribution < -0.4 is 4.90 Å². The molecule has 2 aromatic rings. The van der Waals surface area contributed by atoms with Crippen LogP contribution in [0.15, 0.2) is 34.2 Å².